The molecule has 2 nitrogen and oxygen atoms in total. The lowest BCUT2D eigenvalue weighted by Gasteiger charge is -2.06. The zero-order chi connectivity index (χ0) is 12.3. The largest absolute Gasteiger partial charge is 0.381 e. The topological polar surface area (TPSA) is 24.9 Å². The second-order valence-corrected chi connectivity index (χ2v) is 3.90. The van der Waals surface area contributed by atoms with Crippen LogP contribution in [-0.2, 0) is 6.54 Å². The molecule has 0 aliphatic heterocycles. The van der Waals surface area contributed by atoms with Gasteiger partial charge in [-0.2, -0.15) is 0 Å². The first-order valence-corrected chi connectivity index (χ1v) is 5.31. The molecule has 0 radical (unpaired) electrons. The van der Waals surface area contributed by atoms with E-state index in [2.05, 4.69) is 10.3 Å². The van der Waals surface area contributed by atoms with Gasteiger partial charge in [0.1, 0.15) is 11.6 Å². The van der Waals surface area contributed by atoms with Gasteiger partial charge in [-0.05, 0) is 29.8 Å². The highest BCUT2D eigenvalue weighted by atomic mass is 35.5. The molecular weight excluding hydrogens is 246 g/mol. The standard InChI is InChI=1S/C12H9ClF2N2/c13-11-2-1-10(4-12(11)15)17-6-8-3-9(14)7-16-5-8/h1-5,7,17H,6H2. The molecule has 0 fully saturated rings. The fourth-order valence-corrected chi connectivity index (χ4v) is 1.48. The Morgan fingerprint density at radius 3 is 2.71 bits per heavy atom. The Bertz CT molecular complexity index is 532. The zero-order valence-electron chi connectivity index (χ0n) is 8.75. The maximum absolute atomic E-state index is 13.1. The van der Waals surface area contributed by atoms with Gasteiger partial charge < -0.3 is 5.32 Å². The van der Waals surface area contributed by atoms with Gasteiger partial charge in [0.2, 0.25) is 0 Å². The lowest BCUT2D eigenvalue weighted by Crippen LogP contribution is -2.00. The smallest absolute Gasteiger partial charge is 0.143 e. The molecule has 0 amide bonds. The van der Waals surface area contributed by atoms with Crippen molar-refractivity contribution in [2.24, 2.45) is 0 Å². The van der Waals surface area contributed by atoms with Crippen LogP contribution in [0.15, 0.2) is 36.7 Å². The molecular formula is C12H9ClF2N2. The molecule has 0 atom stereocenters. The number of halogens is 3. The van der Waals surface area contributed by atoms with Gasteiger partial charge in [-0.1, -0.05) is 11.6 Å². The van der Waals surface area contributed by atoms with Gasteiger partial charge in [0.25, 0.3) is 0 Å². The second kappa shape index (κ2) is 5.10. The van der Waals surface area contributed by atoms with Gasteiger partial charge in [-0.15, -0.1) is 0 Å². The van der Waals surface area contributed by atoms with E-state index >= 15 is 0 Å². The third-order valence-corrected chi connectivity index (χ3v) is 2.48. The van der Waals surface area contributed by atoms with Crippen molar-refractivity contribution in [3.63, 3.8) is 0 Å². The van der Waals surface area contributed by atoms with E-state index in [1.807, 2.05) is 0 Å². The number of aromatic nitrogens is 1. The minimum Gasteiger partial charge on any atom is -0.381 e. The summed E-state index contributed by atoms with van der Waals surface area (Å²) in [5.41, 5.74) is 1.26. The summed E-state index contributed by atoms with van der Waals surface area (Å²) >= 11 is 5.56. The summed E-state index contributed by atoms with van der Waals surface area (Å²) in [5, 5.41) is 3.02. The van der Waals surface area contributed by atoms with Crippen molar-refractivity contribution < 1.29 is 8.78 Å². The van der Waals surface area contributed by atoms with E-state index < -0.39 is 11.6 Å². The van der Waals surface area contributed by atoms with Gasteiger partial charge in [0.05, 0.1) is 11.2 Å². The van der Waals surface area contributed by atoms with Crippen LogP contribution in [0.2, 0.25) is 5.02 Å². The molecule has 1 aromatic heterocycles. The van der Waals surface area contributed by atoms with Gasteiger partial charge in [-0.25, -0.2) is 8.78 Å². The van der Waals surface area contributed by atoms with Crippen molar-refractivity contribution in [3.05, 3.63) is 58.9 Å². The number of benzene rings is 1. The van der Waals surface area contributed by atoms with Crippen LogP contribution in [-0.4, -0.2) is 4.98 Å². The van der Waals surface area contributed by atoms with E-state index in [1.54, 1.807) is 12.3 Å². The maximum atomic E-state index is 13.1. The van der Waals surface area contributed by atoms with Crippen molar-refractivity contribution in [3.8, 4) is 0 Å². The Morgan fingerprint density at radius 1 is 1.18 bits per heavy atom. The molecule has 0 unspecified atom stereocenters. The summed E-state index contributed by atoms with van der Waals surface area (Å²) < 4.78 is 26.0. The van der Waals surface area contributed by atoms with Gasteiger partial charge in [0, 0.05) is 18.4 Å². The number of nitrogens with zero attached hydrogens (tertiary/aromatic N) is 1. The van der Waals surface area contributed by atoms with Crippen molar-refractivity contribution in [2.45, 2.75) is 6.54 Å². The van der Waals surface area contributed by atoms with E-state index in [9.17, 15) is 8.78 Å². The van der Waals surface area contributed by atoms with Crippen LogP contribution in [0.25, 0.3) is 0 Å². The molecule has 0 spiro atoms. The van der Waals surface area contributed by atoms with Crippen LogP contribution < -0.4 is 5.32 Å². The van der Waals surface area contributed by atoms with Gasteiger partial charge >= 0.3 is 0 Å². The number of nitrogens with one attached hydrogen (secondary N) is 1. The molecule has 5 heteroatoms. The van der Waals surface area contributed by atoms with E-state index in [0.717, 1.165) is 6.20 Å². The highest BCUT2D eigenvalue weighted by Crippen LogP contribution is 2.19. The van der Waals surface area contributed by atoms with Crippen LogP contribution in [0.4, 0.5) is 14.5 Å². The monoisotopic (exact) mass is 254 g/mol. The normalized spacial score (nSPS) is 10.3. The highest BCUT2D eigenvalue weighted by molar-refractivity contribution is 6.30. The quantitative estimate of drug-likeness (QED) is 0.905. The second-order valence-electron chi connectivity index (χ2n) is 3.49. The Kier molecular flexibility index (Phi) is 3.54. The number of rotatable bonds is 3. The lowest BCUT2D eigenvalue weighted by molar-refractivity contribution is 0.618. The summed E-state index contributed by atoms with van der Waals surface area (Å²) in [6, 6.07) is 5.77. The molecule has 0 aliphatic carbocycles. The Labute approximate surface area is 102 Å². The predicted molar refractivity (Wildman–Crippen MR) is 62.9 cm³/mol. The molecule has 88 valence electrons. The van der Waals surface area contributed by atoms with E-state index in [1.165, 1.54) is 18.2 Å². The Balaban J connectivity index is 2.05. The fourth-order valence-electron chi connectivity index (χ4n) is 1.36. The summed E-state index contributed by atoms with van der Waals surface area (Å²) in [4.78, 5) is 3.72. The minimum atomic E-state index is -0.492. The number of hydrogen-bond acceptors (Lipinski definition) is 2. The van der Waals surface area contributed by atoms with Crippen LogP contribution >= 0.6 is 11.6 Å². The molecule has 0 saturated carbocycles. The molecule has 0 bridgehead atoms. The van der Waals surface area contributed by atoms with Crippen LogP contribution in [0.3, 0.4) is 0 Å². The molecule has 1 aromatic carbocycles. The van der Waals surface area contributed by atoms with E-state index in [-0.39, 0.29) is 5.02 Å². The first-order chi connectivity index (χ1) is 8.15. The minimum absolute atomic E-state index is 0.0722. The summed E-state index contributed by atoms with van der Waals surface area (Å²) in [7, 11) is 0. The average Bonchev–Trinajstić information content (AvgIpc) is 2.31. The Hall–Kier alpha value is -1.68. The van der Waals surface area contributed by atoms with Crippen molar-refractivity contribution >= 4 is 17.3 Å². The molecule has 0 aliphatic rings. The van der Waals surface area contributed by atoms with Crippen molar-refractivity contribution in [1.29, 1.82) is 0 Å². The third-order valence-electron chi connectivity index (χ3n) is 2.18. The molecule has 17 heavy (non-hydrogen) atoms. The predicted octanol–water partition coefficient (Wildman–Crippen LogP) is 3.63. The average molecular weight is 255 g/mol. The first-order valence-electron chi connectivity index (χ1n) is 4.93. The summed E-state index contributed by atoms with van der Waals surface area (Å²) in [6.45, 7) is 0.367. The fraction of sp³-hybridized carbons (Fsp3) is 0.0833. The number of anilines is 1. The molecule has 0 saturated heterocycles. The maximum Gasteiger partial charge on any atom is 0.143 e. The van der Waals surface area contributed by atoms with Gasteiger partial charge in [0.15, 0.2) is 0 Å². The van der Waals surface area contributed by atoms with Crippen LogP contribution in [0, 0.1) is 11.6 Å². The summed E-state index contributed by atoms with van der Waals surface area (Å²) in [5.74, 6) is -0.888. The summed E-state index contributed by atoms with van der Waals surface area (Å²) in [6.07, 6.45) is 2.67. The van der Waals surface area contributed by atoms with Crippen molar-refractivity contribution in [2.75, 3.05) is 5.32 Å². The Morgan fingerprint density at radius 2 is 2.00 bits per heavy atom. The highest BCUT2D eigenvalue weighted by Gasteiger charge is 2.01. The number of hydrogen-bond donors (Lipinski definition) is 1. The molecule has 1 heterocycles. The van der Waals surface area contributed by atoms with Crippen LogP contribution in [0.5, 0.6) is 0 Å². The lowest BCUT2D eigenvalue weighted by atomic mass is 10.2. The molecule has 1 N–H and O–H groups in total. The zero-order valence-corrected chi connectivity index (χ0v) is 9.51. The molecule has 2 rings (SSSR count). The first kappa shape index (κ1) is 11.8. The third kappa shape index (κ3) is 3.14. The van der Waals surface area contributed by atoms with Gasteiger partial charge in [-0.3, -0.25) is 4.98 Å². The van der Waals surface area contributed by atoms with Crippen molar-refractivity contribution in [1.82, 2.24) is 4.98 Å². The van der Waals surface area contributed by atoms with E-state index in [4.69, 9.17) is 11.6 Å². The van der Waals surface area contributed by atoms with E-state index in [0.29, 0.717) is 17.8 Å². The molecule has 2 aromatic rings. The van der Waals surface area contributed by atoms with Crippen LogP contribution in [0.1, 0.15) is 5.56 Å². The SMILES string of the molecule is Fc1cncc(CNc2ccc(Cl)c(F)c2)c1. The number of pyridine rings is 1.